The Kier molecular flexibility index (Phi) is 9.34. The number of aliphatic hydroxyl groups is 2. The molecule has 1 aliphatic heterocycles. The minimum atomic E-state index is -0.0766. The molecule has 4 fully saturated rings. The lowest BCUT2D eigenvalue weighted by atomic mass is 9.47. The maximum Gasteiger partial charge on any atom is 0.0610 e. The van der Waals surface area contributed by atoms with Crippen molar-refractivity contribution in [2.45, 2.75) is 130 Å². The molecule has 0 aromatic heterocycles. The molecule has 1 saturated heterocycles. The molecule has 5 aliphatic rings. The van der Waals surface area contributed by atoms with Crippen molar-refractivity contribution >= 4 is 0 Å². The van der Waals surface area contributed by atoms with Gasteiger partial charge in [0.05, 0.1) is 18.8 Å². The molecule has 5 rings (SSSR count). The van der Waals surface area contributed by atoms with E-state index in [9.17, 15) is 5.11 Å². The second kappa shape index (κ2) is 11.8. The highest BCUT2D eigenvalue weighted by Gasteiger charge is 2.59. The Morgan fingerprint density at radius 2 is 1.78 bits per heavy atom. The van der Waals surface area contributed by atoms with Crippen molar-refractivity contribution in [3.8, 4) is 0 Å². The van der Waals surface area contributed by atoms with Crippen molar-refractivity contribution in [1.82, 2.24) is 5.06 Å². The molecule has 1 heterocycles. The molecule has 9 atom stereocenters. The number of rotatable bonds is 6. The van der Waals surface area contributed by atoms with Gasteiger partial charge in [0.1, 0.15) is 0 Å². The van der Waals surface area contributed by atoms with E-state index in [-0.39, 0.29) is 18.8 Å². The molecule has 3 N–H and O–H groups in total. The molecule has 208 valence electrons. The first-order chi connectivity index (χ1) is 17.1. The first kappa shape index (κ1) is 28.6. The average molecular weight is 504 g/mol. The number of allylic oxidation sites excluding steroid dienone is 1. The lowest BCUT2D eigenvalue weighted by Crippen LogP contribution is -2.50. The monoisotopic (exact) mass is 503 g/mol. The second-order valence-electron chi connectivity index (χ2n) is 14.3. The van der Waals surface area contributed by atoms with Crippen LogP contribution in [0.3, 0.4) is 0 Å². The molecule has 0 unspecified atom stereocenters. The van der Waals surface area contributed by atoms with E-state index in [2.05, 4.69) is 40.7 Å². The summed E-state index contributed by atoms with van der Waals surface area (Å²) in [6.45, 7) is 13.4. The Morgan fingerprint density at radius 3 is 2.42 bits per heavy atom. The van der Waals surface area contributed by atoms with Gasteiger partial charge in [0.15, 0.2) is 0 Å². The van der Waals surface area contributed by atoms with Crippen LogP contribution in [0, 0.1) is 46.3 Å². The molecule has 0 amide bonds. The third-order valence-electron chi connectivity index (χ3n) is 11.8. The Balaban J connectivity index is 0.000000325. The quantitative estimate of drug-likeness (QED) is 0.335. The average Bonchev–Trinajstić information content (AvgIpc) is 3.41. The van der Waals surface area contributed by atoms with Crippen LogP contribution in [0.4, 0.5) is 0 Å². The predicted molar refractivity (Wildman–Crippen MR) is 148 cm³/mol. The fourth-order valence-corrected chi connectivity index (χ4v) is 9.67. The molecule has 4 nitrogen and oxygen atoms in total. The minimum absolute atomic E-state index is 0.00926. The van der Waals surface area contributed by atoms with Gasteiger partial charge in [0.2, 0.25) is 0 Å². The highest BCUT2D eigenvalue weighted by Crippen LogP contribution is 2.67. The van der Waals surface area contributed by atoms with Crippen LogP contribution in [-0.2, 0) is 0 Å². The standard InChI is InChI=1S/C27H46O.C5H11NO2/c1-18(2)7-6-8-19(3)23-11-12-24-22-10-9-20-17-21(28)13-15-26(20,4)25(22)14-16-27(23,24)5;7-4-5-2-1-3-6(5)8/h9,18-19,21-25,28H,6-8,10-17H2,1-5H3;5,7-8H,1-4H2/t19-,21+,22+,23-,24+,25+,26+,27-;5-/m10/s1. The first-order valence-electron chi connectivity index (χ1n) is 15.5. The van der Waals surface area contributed by atoms with E-state index < -0.39 is 0 Å². The van der Waals surface area contributed by atoms with Crippen LogP contribution in [0.5, 0.6) is 0 Å². The Bertz CT molecular complexity index is 752. The molecule has 36 heavy (non-hydrogen) atoms. The summed E-state index contributed by atoms with van der Waals surface area (Å²) in [5, 5.41) is 28.8. The summed E-state index contributed by atoms with van der Waals surface area (Å²) >= 11 is 0. The first-order valence-corrected chi connectivity index (χ1v) is 15.5. The number of fused-ring (bicyclic) bond motifs is 5. The van der Waals surface area contributed by atoms with E-state index in [0.717, 1.165) is 61.2 Å². The van der Waals surface area contributed by atoms with E-state index in [1.54, 1.807) is 5.57 Å². The maximum absolute atomic E-state index is 10.2. The second-order valence-corrected chi connectivity index (χ2v) is 14.3. The van der Waals surface area contributed by atoms with Crippen LogP contribution in [-0.4, -0.2) is 45.8 Å². The largest absolute Gasteiger partial charge is 0.395 e. The Morgan fingerprint density at radius 1 is 1.00 bits per heavy atom. The van der Waals surface area contributed by atoms with E-state index in [0.29, 0.717) is 17.4 Å². The van der Waals surface area contributed by atoms with E-state index >= 15 is 0 Å². The highest BCUT2D eigenvalue weighted by molar-refractivity contribution is 5.25. The maximum atomic E-state index is 10.2. The van der Waals surface area contributed by atoms with Crippen molar-refractivity contribution in [3.05, 3.63) is 11.6 Å². The minimum Gasteiger partial charge on any atom is -0.395 e. The fourth-order valence-electron chi connectivity index (χ4n) is 9.67. The summed E-state index contributed by atoms with van der Waals surface area (Å²) in [6, 6.07) is 0.00926. The summed E-state index contributed by atoms with van der Waals surface area (Å²) in [5.74, 6) is 5.46. The molecular formula is C32H57NO3. The number of aliphatic hydroxyl groups excluding tert-OH is 2. The molecule has 0 spiro atoms. The number of hydrogen-bond donors (Lipinski definition) is 3. The fraction of sp³-hybridized carbons (Fsp3) is 0.938. The van der Waals surface area contributed by atoms with Gasteiger partial charge < -0.3 is 15.4 Å². The smallest absolute Gasteiger partial charge is 0.0610 e. The normalized spacial score (nSPS) is 43.2. The van der Waals surface area contributed by atoms with Gasteiger partial charge in [0.25, 0.3) is 0 Å². The zero-order valence-corrected chi connectivity index (χ0v) is 24.1. The SMILES string of the molecule is CC(C)CCC[C@@H](C)[C@H]1CC[C@H]2[C@@H]3CC=C4C[C@@H](O)CC[C@]4(C)[C@H]3CC[C@]12C.OC[C@@H]1CCCN1O. The lowest BCUT2D eigenvalue weighted by Gasteiger charge is -2.58. The van der Waals surface area contributed by atoms with Gasteiger partial charge in [-0.05, 0) is 111 Å². The number of nitrogens with zero attached hydrogens (tertiary/aromatic N) is 1. The molecule has 0 bridgehead atoms. The van der Waals surface area contributed by atoms with Gasteiger partial charge in [-0.3, -0.25) is 0 Å². The molecule has 4 heteroatoms. The predicted octanol–water partition coefficient (Wildman–Crippen LogP) is 7.22. The van der Waals surface area contributed by atoms with Crippen molar-refractivity contribution in [1.29, 1.82) is 0 Å². The summed E-state index contributed by atoms with van der Waals surface area (Å²) in [5.41, 5.74) is 2.60. The van der Waals surface area contributed by atoms with Crippen molar-refractivity contribution in [2.75, 3.05) is 13.2 Å². The van der Waals surface area contributed by atoms with E-state index in [1.165, 1.54) is 62.9 Å². The van der Waals surface area contributed by atoms with Crippen LogP contribution >= 0.6 is 0 Å². The van der Waals surface area contributed by atoms with Crippen molar-refractivity contribution in [2.24, 2.45) is 46.3 Å². The van der Waals surface area contributed by atoms with Crippen LogP contribution in [0.1, 0.15) is 118 Å². The third-order valence-corrected chi connectivity index (χ3v) is 11.8. The van der Waals surface area contributed by atoms with Gasteiger partial charge in [-0.15, -0.1) is 0 Å². The van der Waals surface area contributed by atoms with Crippen LogP contribution < -0.4 is 0 Å². The van der Waals surface area contributed by atoms with E-state index in [4.69, 9.17) is 10.3 Å². The number of hydrogen-bond acceptors (Lipinski definition) is 4. The highest BCUT2D eigenvalue weighted by atomic mass is 16.5. The summed E-state index contributed by atoms with van der Waals surface area (Å²) in [6.07, 6.45) is 19.1. The van der Waals surface area contributed by atoms with Gasteiger partial charge >= 0.3 is 0 Å². The summed E-state index contributed by atoms with van der Waals surface area (Å²) in [4.78, 5) is 0. The molecule has 4 aliphatic carbocycles. The molecular weight excluding hydrogens is 446 g/mol. The van der Waals surface area contributed by atoms with Crippen molar-refractivity contribution in [3.63, 3.8) is 0 Å². The Labute approximate surface area is 221 Å². The summed E-state index contributed by atoms with van der Waals surface area (Å²) < 4.78 is 0. The van der Waals surface area contributed by atoms with Crippen LogP contribution in [0.15, 0.2) is 11.6 Å². The van der Waals surface area contributed by atoms with Crippen molar-refractivity contribution < 1.29 is 15.4 Å². The van der Waals surface area contributed by atoms with Gasteiger partial charge in [-0.2, -0.15) is 5.06 Å². The molecule has 0 aromatic rings. The Hall–Kier alpha value is -0.420. The zero-order chi connectivity index (χ0) is 26.1. The van der Waals surface area contributed by atoms with Gasteiger partial charge in [0, 0.05) is 6.54 Å². The number of hydroxylamine groups is 2. The van der Waals surface area contributed by atoms with E-state index in [1.807, 2.05) is 0 Å². The summed E-state index contributed by atoms with van der Waals surface area (Å²) in [7, 11) is 0. The zero-order valence-electron chi connectivity index (χ0n) is 24.1. The molecule has 0 aromatic carbocycles. The molecule has 3 saturated carbocycles. The topological polar surface area (TPSA) is 63.9 Å². The lowest BCUT2D eigenvalue weighted by molar-refractivity contribution is -0.113. The third kappa shape index (κ3) is 5.63. The van der Waals surface area contributed by atoms with Gasteiger partial charge in [-0.1, -0.05) is 65.5 Å². The molecule has 0 radical (unpaired) electrons. The van der Waals surface area contributed by atoms with Crippen LogP contribution in [0.2, 0.25) is 0 Å². The van der Waals surface area contributed by atoms with Gasteiger partial charge in [-0.25, -0.2) is 0 Å². The van der Waals surface area contributed by atoms with Crippen LogP contribution in [0.25, 0.3) is 0 Å².